The normalized spacial score (nSPS) is 15.3. The van der Waals surface area contributed by atoms with Crippen molar-refractivity contribution in [2.75, 3.05) is 0 Å². The molecule has 1 rings (SSSR count). The van der Waals surface area contributed by atoms with E-state index >= 15 is 0 Å². The van der Waals surface area contributed by atoms with Crippen molar-refractivity contribution < 1.29 is 8.78 Å². The lowest BCUT2D eigenvalue weighted by Crippen LogP contribution is -2.37. The number of alkyl halides is 2. The van der Waals surface area contributed by atoms with Gasteiger partial charge in [0, 0.05) is 30.0 Å². The standard InChI is InChI=1S/C16H22F2N2/c1-6-11(3)20-15(19-7-2)13-9-8-10-14(12(13)4)16(5,17)18/h7-11,20H,4,6H2,1-3,5H3/b15-13+,19-7-. The van der Waals surface area contributed by atoms with Crippen LogP contribution in [0.5, 0.6) is 0 Å². The maximum atomic E-state index is 13.6. The minimum atomic E-state index is -2.91. The maximum Gasteiger partial charge on any atom is 0.271 e. The summed E-state index contributed by atoms with van der Waals surface area (Å²) >= 11 is 0. The number of hydrogen-bond donors (Lipinski definition) is 1. The molecule has 0 fully saturated rings. The van der Waals surface area contributed by atoms with Gasteiger partial charge in [-0.1, -0.05) is 31.7 Å². The third-order valence-corrected chi connectivity index (χ3v) is 3.16. The number of benzene rings is 1. The zero-order valence-corrected chi connectivity index (χ0v) is 12.5. The summed E-state index contributed by atoms with van der Waals surface area (Å²) in [7, 11) is 0. The molecule has 0 aliphatic rings. The largest absolute Gasteiger partial charge is 0.367 e. The van der Waals surface area contributed by atoms with Crippen molar-refractivity contribution in [3.05, 3.63) is 34.2 Å². The van der Waals surface area contributed by atoms with Gasteiger partial charge in [0.2, 0.25) is 0 Å². The Morgan fingerprint density at radius 1 is 1.50 bits per heavy atom. The van der Waals surface area contributed by atoms with Gasteiger partial charge < -0.3 is 5.32 Å². The van der Waals surface area contributed by atoms with E-state index < -0.39 is 5.92 Å². The highest BCUT2D eigenvalue weighted by Crippen LogP contribution is 2.22. The van der Waals surface area contributed by atoms with E-state index in [-0.39, 0.29) is 11.6 Å². The maximum absolute atomic E-state index is 13.6. The van der Waals surface area contributed by atoms with Crippen molar-refractivity contribution in [2.45, 2.75) is 46.1 Å². The van der Waals surface area contributed by atoms with E-state index in [4.69, 9.17) is 0 Å². The van der Waals surface area contributed by atoms with Crippen LogP contribution >= 0.6 is 0 Å². The number of halogens is 2. The monoisotopic (exact) mass is 280 g/mol. The van der Waals surface area contributed by atoms with Gasteiger partial charge in [0.05, 0.1) is 0 Å². The first-order valence-electron chi connectivity index (χ1n) is 6.77. The molecule has 0 aliphatic carbocycles. The van der Waals surface area contributed by atoms with Crippen LogP contribution in [-0.2, 0) is 5.92 Å². The van der Waals surface area contributed by atoms with Gasteiger partial charge in [0.1, 0.15) is 5.82 Å². The van der Waals surface area contributed by atoms with Crippen molar-refractivity contribution in [3.8, 4) is 0 Å². The van der Waals surface area contributed by atoms with Crippen LogP contribution in [-0.4, -0.2) is 12.3 Å². The van der Waals surface area contributed by atoms with Gasteiger partial charge >= 0.3 is 0 Å². The number of aliphatic imine (C=N–C) groups is 1. The number of nitrogens with one attached hydrogen (secondary N) is 1. The molecule has 0 saturated heterocycles. The smallest absolute Gasteiger partial charge is 0.271 e. The minimum Gasteiger partial charge on any atom is -0.367 e. The Labute approximate surface area is 118 Å². The van der Waals surface area contributed by atoms with Gasteiger partial charge in [-0.15, -0.1) is 0 Å². The molecule has 0 bridgehead atoms. The fraction of sp³-hybridized carbons (Fsp3) is 0.438. The highest BCUT2D eigenvalue weighted by molar-refractivity contribution is 5.62. The summed E-state index contributed by atoms with van der Waals surface area (Å²) in [4.78, 5) is 4.26. The fourth-order valence-electron chi connectivity index (χ4n) is 1.87. The molecule has 0 spiro atoms. The van der Waals surface area contributed by atoms with Crippen LogP contribution in [0.2, 0.25) is 0 Å². The van der Waals surface area contributed by atoms with E-state index in [1.165, 1.54) is 6.07 Å². The number of hydrogen-bond acceptors (Lipinski definition) is 2. The summed E-state index contributed by atoms with van der Waals surface area (Å²) < 4.78 is 27.1. The van der Waals surface area contributed by atoms with Crippen molar-refractivity contribution in [3.63, 3.8) is 0 Å². The quantitative estimate of drug-likeness (QED) is 0.824. The Hall–Kier alpha value is -1.71. The lowest BCUT2D eigenvalue weighted by molar-refractivity contribution is 0.0164. The molecule has 1 aromatic carbocycles. The van der Waals surface area contributed by atoms with Crippen LogP contribution < -0.4 is 15.8 Å². The first-order chi connectivity index (χ1) is 9.31. The zero-order valence-electron chi connectivity index (χ0n) is 12.5. The average Bonchev–Trinajstić information content (AvgIpc) is 2.37. The predicted octanol–water partition coefficient (Wildman–Crippen LogP) is 2.75. The molecule has 4 heteroatoms. The van der Waals surface area contributed by atoms with Gasteiger partial charge in [-0.25, -0.2) is 13.8 Å². The summed E-state index contributed by atoms with van der Waals surface area (Å²) in [6.07, 6.45) is 2.56. The van der Waals surface area contributed by atoms with Gasteiger partial charge in [0.25, 0.3) is 5.92 Å². The van der Waals surface area contributed by atoms with Gasteiger partial charge in [0.15, 0.2) is 0 Å². The average molecular weight is 280 g/mol. The summed E-state index contributed by atoms with van der Waals surface area (Å²) in [5.74, 6) is -2.33. The Morgan fingerprint density at radius 2 is 2.15 bits per heavy atom. The van der Waals surface area contributed by atoms with E-state index in [2.05, 4.69) is 16.9 Å². The van der Waals surface area contributed by atoms with E-state index in [0.717, 1.165) is 13.3 Å². The lowest BCUT2D eigenvalue weighted by atomic mass is 10.1. The van der Waals surface area contributed by atoms with E-state index in [9.17, 15) is 8.78 Å². The molecule has 1 atom stereocenters. The van der Waals surface area contributed by atoms with Crippen LogP contribution in [0.25, 0.3) is 12.4 Å². The molecule has 0 amide bonds. The molecule has 1 N–H and O–H groups in total. The number of nitrogens with zero attached hydrogens (tertiary/aromatic N) is 1. The van der Waals surface area contributed by atoms with Gasteiger partial charge in [-0.2, -0.15) is 0 Å². The molecule has 2 nitrogen and oxygen atoms in total. The summed E-state index contributed by atoms with van der Waals surface area (Å²) in [6.45, 7) is 10.5. The first kappa shape index (κ1) is 16.3. The molecule has 20 heavy (non-hydrogen) atoms. The van der Waals surface area contributed by atoms with Gasteiger partial charge in [-0.3, -0.25) is 0 Å². The molecule has 0 heterocycles. The van der Waals surface area contributed by atoms with Crippen LogP contribution in [0.15, 0.2) is 23.2 Å². The third-order valence-electron chi connectivity index (χ3n) is 3.16. The second-order valence-corrected chi connectivity index (χ2v) is 4.91. The molecule has 0 radical (unpaired) electrons. The summed E-state index contributed by atoms with van der Waals surface area (Å²) in [5, 5.41) is 4.17. The second kappa shape index (κ2) is 6.64. The van der Waals surface area contributed by atoms with Crippen molar-refractivity contribution >= 4 is 18.6 Å². The highest BCUT2D eigenvalue weighted by Gasteiger charge is 2.25. The van der Waals surface area contributed by atoms with Crippen LogP contribution in [0, 0.1) is 0 Å². The molecular formula is C16H22F2N2. The van der Waals surface area contributed by atoms with Crippen LogP contribution in [0.4, 0.5) is 8.78 Å². The van der Waals surface area contributed by atoms with Crippen LogP contribution in [0.3, 0.4) is 0 Å². The van der Waals surface area contributed by atoms with E-state index in [0.29, 0.717) is 16.3 Å². The van der Waals surface area contributed by atoms with Crippen molar-refractivity contribution in [1.82, 2.24) is 5.32 Å². The highest BCUT2D eigenvalue weighted by atomic mass is 19.3. The molecular weight excluding hydrogens is 258 g/mol. The second-order valence-electron chi connectivity index (χ2n) is 4.91. The van der Waals surface area contributed by atoms with Gasteiger partial charge in [-0.05, 0) is 25.5 Å². The Morgan fingerprint density at radius 3 is 2.65 bits per heavy atom. The predicted molar refractivity (Wildman–Crippen MR) is 81.2 cm³/mol. The summed E-state index contributed by atoms with van der Waals surface area (Å²) in [6, 6.07) is 4.98. The topological polar surface area (TPSA) is 24.4 Å². The Bertz CT molecular complexity index is 585. The van der Waals surface area contributed by atoms with Crippen molar-refractivity contribution in [1.29, 1.82) is 0 Å². The van der Waals surface area contributed by atoms with Crippen LogP contribution in [0.1, 0.15) is 39.7 Å². The molecule has 0 aliphatic heterocycles. The molecule has 1 aromatic rings. The van der Waals surface area contributed by atoms with E-state index in [1.807, 2.05) is 13.8 Å². The molecule has 110 valence electrons. The lowest BCUT2D eigenvalue weighted by Gasteiger charge is -2.15. The van der Waals surface area contributed by atoms with E-state index in [1.54, 1.807) is 25.3 Å². The SMILES string of the molecule is C=c1c(C(C)(F)F)ccc/c1=C(/N=C\C)NC(C)CC. The Balaban J connectivity index is 3.54. The molecule has 1 unspecified atom stereocenters. The Kier molecular flexibility index (Phi) is 5.43. The summed E-state index contributed by atoms with van der Waals surface area (Å²) in [5.41, 5.74) is -0.0650. The number of rotatable bonds is 5. The first-order valence-corrected chi connectivity index (χ1v) is 6.77. The van der Waals surface area contributed by atoms with Crippen molar-refractivity contribution in [2.24, 2.45) is 4.99 Å². The minimum absolute atomic E-state index is 0.0650. The molecule has 0 saturated carbocycles. The fourth-order valence-corrected chi connectivity index (χ4v) is 1.87. The third kappa shape index (κ3) is 3.89. The molecule has 0 aromatic heterocycles. The zero-order chi connectivity index (χ0) is 15.3.